The van der Waals surface area contributed by atoms with Crippen molar-refractivity contribution >= 4 is 149 Å². The summed E-state index contributed by atoms with van der Waals surface area (Å²) < 4.78 is 42.1. The van der Waals surface area contributed by atoms with Crippen LogP contribution in [0.1, 0.15) is 226 Å². The predicted molar refractivity (Wildman–Crippen MR) is 560 cm³/mol. The van der Waals surface area contributed by atoms with Gasteiger partial charge in [-0.15, -0.1) is 23.2 Å². The number of hydrogen-bond donors (Lipinski definition) is 10. The quantitative estimate of drug-likeness (QED) is 0.00239. The number of alkyl carbamates (subject to hydrolysis) is 1. The molecule has 0 saturated heterocycles. The van der Waals surface area contributed by atoms with Crippen LogP contribution in [-0.4, -0.2) is 144 Å². The van der Waals surface area contributed by atoms with E-state index in [1.807, 2.05) is 73.9 Å². The van der Waals surface area contributed by atoms with Crippen LogP contribution in [0.5, 0.6) is 0 Å². The van der Waals surface area contributed by atoms with Crippen LogP contribution in [0, 0.1) is 99.2 Å². The van der Waals surface area contributed by atoms with Gasteiger partial charge in [-0.2, -0.15) is 9.65 Å². The van der Waals surface area contributed by atoms with Crippen molar-refractivity contribution in [3.63, 3.8) is 0 Å². The lowest BCUT2D eigenvalue weighted by Gasteiger charge is -2.20. The fraction of sp³-hybridized carbons (Fsp3) is 0.515. The normalized spacial score (nSPS) is 10.4. The number of imidazole rings is 3. The molecule has 0 atom stereocenters. The lowest BCUT2D eigenvalue weighted by atomic mass is 10.1. The Morgan fingerprint density at radius 1 is 0.521 bits per heavy atom. The maximum atomic E-state index is 12.6. The van der Waals surface area contributed by atoms with E-state index in [1.54, 1.807) is 84.0 Å². The average molecular weight is 2040 g/mol. The van der Waals surface area contributed by atoms with E-state index in [0.29, 0.717) is 83.6 Å². The van der Waals surface area contributed by atoms with Crippen molar-refractivity contribution in [2.75, 3.05) is 55.1 Å². The van der Waals surface area contributed by atoms with Crippen LogP contribution in [0.25, 0.3) is 52.5 Å². The summed E-state index contributed by atoms with van der Waals surface area (Å²) in [5.74, 6) is 4.49. The number of alkyl halides is 2. The number of nitriles is 1. The van der Waals surface area contributed by atoms with Gasteiger partial charge >= 0.3 is 24.4 Å². The third-order valence-electron chi connectivity index (χ3n) is 17.9. The summed E-state index contributed by atoms with van der Waals surface area (Å²) in [5, 5.41) is 72.3. The predicted octanol–water partition coefficient (Wildman–Crippen LogP) is 23.7. The van der Waals surface area contributed by atoms with E-state index in [4.69, 9.17) is 103 Å². The molecular weight excluding hydrogens is 1890 g/mol. The number of nitro groups is 2. The van der Waals surface area contributed by atoms with Gasteiger partial charge in [0.25, 0.3) is 16.6 Å². The summed E-state index contributed by atoms with van der Waals surface area (Å²) in [6, 6.07) is 32.0. The zero-order chi connectivity index (χ0) is 109. The smallest absolute Gasteiger partial charge is 0.456 e. The Kier molecular flexibility index (Phi) is 67.9. The molecule has 13 N–H and O–H groups in total. The number of nitrogen functional groups attached to an aromatic ring is 1. The van der Waals surface area contributed by atoms with Crippen LogP contribution in [0.3, 0.4) is 0 Å². The lowest BCUT2D eigenvalue weighted by Crippen LogP contribution is -2.32. The molecule has 0 unspecified atom stereocenters. The molecule has 0 fully saturated rings. The minimum Gasteiger partial charge on any atom is -0.456 e. The van der Waals surface area contributed by atoms with E-state index >= 15 is 0 Å². The van der Waals surface area contributed by atoms with Gasteiger partial charge in [0, 0.05) is 84.6 Å². The molecule has 0 spiro atoms. The Labute approximate surface area is 850 Å². The van der Waals surface area contributed by atoms with Crippen molar-refractivity contribution in [2.45, 2.75) is 267 Å². The van der Waals surface area contributed by atoms with Gasteiger partial charge in [-0.1, -0.05) is 119 Å². The molecule has 0 radical (unpaired) electrons. The van der Waals surface area contributed by atoms with Crippen LogP contribution >= 0.6 is 34.8 Å². The summed E-state index contributed by atoms with van der Waals surface area (Å²) in [6.45, 7) is 76.8. The van der Waals surface area contributed by atoms with Crippen LogP contribution < -0.4 is 33.2 Å². The van der Waals surface area contributed by atoms with Gasteiger partial charge in [-0.25, -0.2) is 48.7 Å². The van der Waals surface area contributed by atoms with Crippen molar-refractivity contribution < 1.29 is 82.3 Å². The maximum absolute atomic E-state index is 12.6. The van der Waals surface area contributed by atoms with Crippen molar-refractivity contribution in [2.24, 2.45) is 47.0 Å². The highest BCUT2D eigenvalue weighted by Gasteiger charge is 2.26. The molecule has 0 aliphatic heterocycles. The minimum atomic E-state index is -1.06. The Morgan fingerprint density at radius 2 is 0.852 bits per heavy atom. The van der Waals surface area contributed by atoms with Gasteiger partial charge < -0.3 is 91.0 Å². The molecular formula is C101H147Cl3FN19O18. The number of anilines is 3. The number of hydrogen-bond acceptors (Lipinski definition) is 27. The Hall–Kier alpha value is -12.9. The minimum absolute atomic E-state index is 0.0231. The summed E-state index contributed by atoms with van der Waals surface area (Å²) in [7, 11) is 1.00. The summed E-state index contributed by atoms with van der Waals surface area (Å²) in [5.41, 5.74) is 25.2. The molecule has 0 saturated carbocycles. The zero-order valence-electron chi connectivity index (χ0n) is 86.4. The van der Waals surface area contributed by atoms with Crippen molar-refractivity contribution in [3.05, 3.63) is 210 Å². The number of halogens is 4. The number of fused-ring (bicyclic) bond motifs is 3. The molecule has 9 rings (SSSR count). The van der Waals surface area contributed by atoms with Crippen LogP contribution in [0.15, 0.2) is 109 Å². The molecule has 0 bridgehead atoms. The molecule has 782 valence electrons. The first kappa shape index (κ1) is 133. The lowest BCUT2D eigenvalue weighted by molar-refractivity contribution is -0.387. The second kappa shape index (κ2) is 72.4. The maximum Gasteiger partial charge on any atom is 0.519 e. The van der Waals surface area contributed by atoms with E-state index in [1.165, 1.54) is 26.0 Å². The molecule has 142 heavy (non-hydrogen) atoms. The molecule has 1 amide bonds. The Morgan fingerprint density at radius 3 is 1.18 bits per heavy atom. The number of benzene rings is 6. The number of nitro benzene ring substituents is 2. The van der Waals surface area contributed by atoms with Gasteiger partial charge in [0.05, 0.1) is 86.3 Å². The van der Waals surface area contributed by atoms with Crippen LogP contribution in [-0.2, 0) is 85.8 Å². The standard InChI is InChI=1S/C19H29N3O3.C14H17N3O.C14H21N3O.C12H15N3O2.C12H17N3.C10H18O5.C7H3FN2O2.C5H13N.C4H5ClO3.C2H3N.CH2Cl2.CH4O/c1-13(2)8-9-22-16-7-6-14(10-15(16)21-17(22)12-23)11-20-18(24)25-19(3,4)5;1-10(2)6-7-17-13-5-4-11(15-3)8-12(13)16-14(17)9-18;1-10(2)5-6-17-13-4-3-11(8-15)7-12(13)16-14(17)9-18;1-9(2)6-7-14-11-5-4-10(13-3)8-12(11)15(16)17;1-9(2)6-7-15-12-5-4-10(14-3)8-11(12)13;1-9(2,3)14-7(11)13-8(12)15-10(4,5)6;1-9-5-2-3-6(8)7(4-5)10(11)12;1-5(2)3-4-6;1-3(6)8-2-4(5)7;1-2-3;2-1-3;1-2/h6-7,10,13,23H,8-9,11-12H2,1-5H3,(H,20,24);4-5,8,10,18H,6-7,9H2,1-2H3;3-4,7,10,18H,5-6,8-9,15H2,1-2H3;4-5,8-9,14H,6-7H2,1-2H3;4-5,8-9,15H,6-7,13H2,1-2H3;1-6H3;2-4H;5H,3-4,6H2,1-2H3;2H2,1H3;1H3;1H2;2H,1H3. The molecule has 37 nitrogen and oxygen atoms in total. The van der Waals surface area contributed by atoms with Crippen molar-refractivity contribution in [3.8, 4) is 6.07 Å². The zero-order valence-corrected chi connectivity index (χ0v) is 88.6. The molecule has 0 aliphatic carbocycles. The second-order valence-corrected chi connectivity index (χ2v) is 37.4. The summed E-state index contributed by atoms with van der Waals surface area (Å²) in [4.78, 5) is 99.4. The third-order valence-corrected chi connectivity index (χ3v) is 18.0. The molecule has 0 aliphatic rings. The number of aliphatic hydroxyl groups excluding tert-OH is 4. The number of carbonyl (C=O) groups is 5. The fourth-order valence-corrected chi connectivity index (χ4v) is 11.2. The van der Waals surface area contributed by atoms with Gasteiger partial charge in [0.15, 0.2) is 35.2 Å². The molecule has 3 aromatic heterocycles. The summed E-state index contributed by atoms with van der Waals surface area (Å²) >= 11 is 14.3. The monoisotopic (exact) mass is 2040 g/mol. The second-order valence-electron chi connectivity index (χ2n) is 36.2. The SMILES string of the molecule is CC#N.CC(=O)OCC(=O)Cl.CC(C)(C)OC(=O)OC(=O)OC(C)(C)C.CC(C)CCN.CC(C)CCn1c(CO)nc2cc(CN)ccc21.CC(C)CCn1c(CO)nc2cc(CNC(=O)OC(C)(C)C)ccc21.CO.ClCCl.[C-]#[N+]c1ccc(F)c([N+](=O)[O-])c1.[C-]#[N+]c1ccc(NCCC(C)C)c(N)c1.[C-]#[N+]c1ccc(NCCC(C)C)c([N+](=O)[O-])c1.[C-]#[N+]c1ccc2c(c1)nc(CO)n2CCC(C)C. The number of nitrogens with one attached hydrogen (secondary N) is 3. The number of esters is 1. The molecule has 41 heteroatoms. The topological polar surface area (TPSA) is 508 Å². The average Bonchev–Trinajstić information content (AvgIpc) is 1.66. The van der Waals surface area contributed by atoms with Gasteiger partial charge in [0.2, 0.25) is 0 Å². The number of aromatic nitrogens is 6. The van der Waals surface area contributed by atoms with Crippen molar-refractivity contribution in [1.82, 2.24) is 34.0 Å². The highest BCUT2D eigenvalue weighted by molar-refractivity contribution is 6.64. The van der Waals surface area contributed by atoms with E-state index in [9.17, 15) is 63.9 Å². The first-order valence-corrected chi connectivity index (χ1v) is 47.1. The van der Waals surface area contributed by atoms with Gasteiger partial charge in [-0.3, -0.25) is 29.8 Å². The van der Waals surface area contributed by atoms with E-state index in [2.05, 4.69) is 152 Å². The molecule has 6 aromatic carbocycles. The Bertz CT molecular complexity index is 5490. The van der Waals surface area contributed by atoms with Crippen LogP contribution in [0.4, 0.5) is 70.0 Å². The van der Waals surface area contributed by atoms with Crippen molar-refractivity contribution in [1.29, 1.82) is 5.26 Å². The first-order valence-electron chi connectivity index (χ1n) is 45.6. The fourth-order valence-electron chi connectivity index (χ4n) is 11.2. The number of amides is 1. The molecule has 3 heterocycles. The summed E-state index contributed by atoms with van der Waals surface area (Å²) in [6.07, 6.45) is 3.81. The number of nitrogens with two attached hydrogens (primary N) is 3. The number of ether oxygens (including phenoxy) is 5. The number of aryl methyl sites for hydroxylation is 3. The Balaban J connectivity index is -0.00000154. The van der Waals surface area contributed by atoms with Crippen LogP contribution in [0.2, 0.25) is 0 Å². The third kappa shape index (κ3) is 59.6. The molecule has 9 aromatic rings. The van der Waals surface area contributed by atoms with E-state index in [0.717, 1.165) is 152 Å². The van der Waals surface area contributed by atoms with E-state index in [-0.39, 0.29) is 48.8 Å². The van der Waals surface area contributed by atoms with Gasteiger partial charge in [-0.05, 0) is 226 Å². The first-order chi connectivity index (χ1) is 66.5. The number of carbonyl (C=O) groups excluding carboxylic acids is 5. The number of aliphatic hydroxyl groups is 4. The highest BCUT2D eigenvalue weighted by Crippen LogP contribution is 2.32. The number of rotatable bonds is 29. The largest absolute Gasteiger partial charge is 0.519 e. The van der Waals surface area contributed by atoms with Gasteiger partial charge in [0.1, 0.15) is 59.8 Å². The highest BCUT2D eigenvalue weighted by atomic mass is 35.5. The van der Waals surface area contributed by atoms with E-state index < -0.39 is 67.8 Å². The number of nitrogens with zero attached hydrogens (tertiary/aromatic N) is 13.